The molecule has 0 aromatic carbocycles. The van der Waals surface area contributed by atoms with Crippen molar-refractivity contribution in [3.05, 3.63) is 39.7 Å². The molecular formula is C11H13NO2S. The van der Waals surface area contributed by atoms with E-state index in [2.05, 4.69) is 4.98 Å². The molecule has 2 rings (SSSR count). The molecule has 4 heteroatoms. The molecule has 0 aliphatic rings. The van der Waals surface area contributed by atoms with Crippen LogP contribution in [0.2, 0.25) is 0 Å². The van der Waals surface area contributed by atoms with Crippen LogP contribution in [-0.4, -0.2) is 10.1 Å². The summed E-state index contributed by atoms with van der Waals surface area (Å²) in [6.45, 7) is 5.33. The molecule has 0 saturated carbocycles. The molecule has 15 heavy (non-hydrogen) atoms. The lowest BCUT2D eigenvalue weighted by molar-refractivity contribution is 0.0968. The number of nitrogens with zero attached hydrogens (tertiary/aromatic N) is 1. The first-order valence-corrected chi connectivity index (χ1v) is 5.65. The fourth-order valence-electron chi connectivity index (χ4n) is 1.66. The van der Waals surface area contributed by atoms with Crippen LogP contribution in [0.1, 0.15) is 29.8 Å². The molecule has 0 fully saturated rings. The minimum absolute atomic E-state index is 0.581. The van der Waals surface area contributed by atoms with E-state index in [0.717, 1.165) is 5.56 Å². The van der Waals surface area contributed by atoms with E-state index in [1.165, 1.54) is 0 Å². The van der Waals surface area contributed by atoms with Gasteiger partial charge >= 0.3 is 0 Å². The topological polar surface area (TPSA) is 46.3 Å². The second kappa shape index (κ2) is 3.47. The summed E-state index contributed by atoms with van der Waals surface area (Å²) in [7, 11) is 0. The minimum atomic E-state index is -1.07. The Kier molecular flexibility index (Phi) is 2.40. The standard InChI is InChI=1S/C11H13NO2S/c1-7-10(12-8(2)14-7)11(3,13)9-4-5-15-6-9/h4-6,13H,1-3H3. The van der Waals surface area contributed by atoms with Crippen LogP contribution in [0.25, 0.3) is 0 Å². The zero-order chi connectivity index (χ0) is 11.1. The third-order valence-corrected chi connectivity index (χ3v) is 3.13. The largest absolute Gasteiger partial charge is 0.446 e. The highest BCUT2D eigenvalue weighted by molar-refractivity contribution is 7.08. The Balaban J connectivity index is 2.50. The van der Waals surface area contributed by atoms with E-state index in [4.69, 9.17) is 4.42 Å². The first-order valence-electron chi connectivity index (χ1n) is 4.71. The van der Waals surface area contributed by atoms with Gasteiger partial charge in [-0.05, 0) is 30.7 Å². The average molecular weight is 223 g/mol. The molecule has 1 unspecified atom stereocenters. The fourth-order valence-corrected chi connectivity index (χ4v) is 2.42. The maximum absolute atomic E-state index is 10.4. The minimum Gasteiger partial charge on any atom is -0.446 e. The van der Waals surface area contributed by atoms with Crippen LogP contribution in [0.15, 0.2) is 21.2 Å². The van der Waals surface area contributed by atoms with E-state index in [1.54, 1.807) is 25.2 Å². The first kappa shape index (κ1) is 10.4. The van der Waals surface area contributed by atoms with Crippen LogP contribution in [0, 0.1) is 13.8 Å². The number of aryl methyl sites for hydroxylation is 2. The van der Waals surface area contributed by atoms with Crippen LogP contribution >= 0.6 is 11.3 Å². The van der Waals surface area contributed by atoms with Gasteiger partial charge in [-0.25, -0.2) is 4.98 Å². The summed E-state index contributed by atoms with van der Waals surface area (Å²) in [5, 5.41) is 14.3. The Labute approximate surface area is 92.4 Å². The van der Waals surface area contributed by atoms with Gasteiger partial charge in [0, 0.05) is 12.5 Å². The maximum Gasteiger partial charge on any atom is 0.191 e. The zero-order valence-corrected chi connectivity index (χ0v) is 9.76. The summed E-state index contributed by atoms with van der Waals surface area (Å²) in [5.41, 5.74) is 0.379. The summed E-state index contributed by atoms with van der Waals surface area (Å²) in [4.78, 5) is 4.23. The van der Waals surface area contributed by atoms with Gasteiger partial charge in [-0.3, -0.25) is 0 Å². The van der Waals surface area contributed by atoms with Crippen LogP contribution in [0.5, 0.6) is 0 Å². The van der Waals surface area contributed by atoms with Crippen molar-refractivity contribution in [2.75, 3.05) is 0 Å². The van der Waals surface area contributed by atoms with Gasteiger partial charge in [-0.1, -0.05) is 0 Å². The summed E-state index contributed by atoms with van der Waals surface area (Å²) >= 11 is 1.56. The second-order valence-electron chi connectivity index (χ2n) is 3.72. The third kappa shape index (κ3) is 1.70. The molecule has 0 amide bonds. The van der Waals surface area contributed by atoms with Crippen molar-refractivity contribution in [3.8, 4) is 0 Å². The highest BCUT2D eigenvalue weighted by Gasteiger charge is 2.31. The van der Waals surface area contributed by atoms with Gasteiger partial charge in [-0.2, -0.15) is 11.3 Å². The number of oxazole rings is 1. The van der Waals surface area contributed by atoms with Gasteiger partial charge in [0.1, 0.15) is 17.1 Å². The van der Waals surface area contributed by atoms with E-state index in [9.17, 15) is 5.11 Å². The van der Waals surface area contributed by atoms with E-state index >= 15 is 0 Å². The Morgan fingerprint density at radius 2 is 2.20 bits per heavy atom. The van der Waals surface area contributed by atoms with E-state index in [1.807, 2.05) is 23.8 Å². The second-order valence-corrected chi connectivity index (χ2v) is 4.50. The van der Waals surface area contributed by atoms with E-state index in [-0.39, 0.29) is 0 Å². The highest BCUT2D eigenvalue weighted by Crippen LogP contribution is 2.32. The smallest absolute Gasteiger partial charge is 0.191 e. The predicted octanol–water partition coefficient (Wildman–Crippen LogP) is 2.61. The number of hydrogen-bond donors (Lipinski definition) is 1. The van der Waals surface area contributed by atoms with Crippen LogP contribution < -0.4 is 0 Å². The van der Waals surface area contributed by atoms with Crippen LogP contribution in [0.4, 0.5) is 0 Å². The Morgan fingerprint density at radius 3 is 2.67 bits per heavy atom. The molecule has 0 bridgehead atoms. The molecule has 0 saturated heterocycles. The van der Waals surface area contributed by atoms with Gasteiger partial charge in [0.25, 0.3) is 0 Å². The van der Waals surface area contributed by atoms with Crippen molar-refractivity contribution in [2.45, 2.75) is 26.4 Å². The molecule has 1 N–H and O–H groups in total. The first-order chi connectivity index (χ1) is 7.01. The molecule has 0 radical (unpaired) electrons. The maximum atomic E-state index is 10.4. The van der Waals surface area contributed by atoms with Gasteiger partial charge in [0.15, 0.2) is 5.89 Å². The number of aromatic nitrogens is 1. The van der Waals surface area contributed by atoms with Crippen molar-refractivity contribution in [1.82, 2.24) is 4.98 Å². The van der Waals surface area contributed by atoms with Crippen molar-refractivity contribution >= 4 is 11.3 Å². The third-order valence-electron chi connectivity index (χ3n) is 2.45. The Morgan fingerprint density at radius 1 is 1.47 bits per heavy atom. The van der Waals surface area contributed by atoms with Gasteiger partial charge in [-0.15, -0.1) is 0 Å². The summed E-state index contributed by atoms with van der Waals surface area (Å²) in [6, 6.07) is 1.90. The number of hydrogen-bond acceptors (Lipinski definition) is 4. The van der Waals surface area contributed by atoms with Crippen molar-refractivity contribution < 1.29 is 9.52 Å². The van der Waals surface area contributed by atoms with Crippen LogP contribution in [0.3, 0.4) is 0 Å². The average Bonchev–Trinajstić information content (AvgIpc) is 2.74. The SMILES string of the molecule is Cc1nc(C(C)(O)c2ccsc2)c(C)o1. The van der Waals surface area contributed by atoms with Crippen molar-refractivity contribution in [2.24, 2.45) is 0 Å². The normalized spacial score (nSPS) is 15.2. The Hall–Kier alpha value is -1.13. The highest BCUT2D eigenvalue weighted by atomic mass is 32.1. The van der Waals surface area contributed by atoms with Crippen LogP contribution in [-0.2, 0) is 5.60 Å². The number of aliphatic hydroxyl groups is 1. The van der Waals surface area contributed by atoms with Crippen molar-refractivity contribution in [1.29, 1.82) is 0 Å². The monoisotopic (exact) mass is 223 g/mol. The summed E-state index contributed by atoms with van der Waals surface area (Å²) < 4.78 is 5.33. The van der Waals surface area contributed by atoms with Gasteiger partial charge in [0.2, 0.25) is 0 Å². The quantitative estimate of drug-likeness (QED) is 0.851. The molecule has 0 spiro atoms. The zero-order valence-electron chi connectivity index (χ0n) is 8.94. The number of thiophene rings is 1. The molecule has 0 aliphatic heterocycles. The Bertz CT molecular complexity index is 457. The lowest BCUT2D eigenvalue weighted by Gasteiger charge is -2.20. The van der Waals surface area contributed by atoms with Crippen molar-refractivity contribution in [3.63, 3.8) is 0 Å². The molecule has 2 heterocycles. The molecule has 3 nitrogen and oxygen atoms in total. The molecule has 2 aromatic heterocycles. The molecule has 2 aromatic rings. The molecule has 80 valence electrons. The lowest BCUT2D eigenvalue weighted by atomic mass is 9.94. The van der Waals surface area contributed by atoms with E-state index in [0.29, 0.717) is 17.3 Å². The molecule has 0 aliphatic carbocycles. The summed E-state index contributed by atoms with van der Waals surface area (Å²) in [6.07, 6.45) is 0. The van der Waals surface area contributed by atoms with Gasteiger partial charge < -0.3 is 9.52 Å². The van der Waals surface area contributed by atoms with Gasteiger partial charge in [0.05, 0.1) is 0 Å². The lowest BCUT2D eigenvalue weighted by Crippen LogP contribution is -2.23. The fraction of sp³-hybridized carbons (Fsp3) is 0.364. The molecular weight excluding hydrogens is 210 g/mol. The van der Waals surface area contributed by atoms with E-state index < -0.39 is 5.60 Å². The predicted molar refractivity (Wildman–Crippen MR) is 59.0 cm³/mol. The summed E-state index contributed by atoms with van der Waals surface area (Å²) in [5.74, 6) is 1.25. The molecule has 1 atom stereocenters. The number of rotatable bonds is 2.